The summed E-state index contributed by atoms with van der Waals surface area (Å²) < 4.78 is 14.3. The zero-order valence-electron chi connectivity index (χ0n) is 73.5. The van der Waals surface area contributed by atoms with Crippen molar-refractivity contribution < 1.29 is 0 Å². The van der Waals surface area contributed by atoms with Crippen LogP contribution >= 0.6 is 0 Å². The fourth-order valence-electron chi connectivity index (χ4n) is 18.7. The number of nitrogens with one attached hydrogen (secondary N) is 1. The standard InChI is InChI=1S/C25H28N6O.C24H29N7O.C23H27N7O.C23H25N5O/c1-3-21-23-11-18(14-30(23)13-17(2)26-21)22-12-25(32)31-16-20(6-7-24(31)27-22)29-10-9-28-8-4-5-19(28)15-29;1-6-19-22-10-21(27-31(22)12-16(3)25-19)20-11-23(32)30-14-18(9-15(2)24(30)26-20)29-8-7-28(5)17(4)13-29;1-5-18-21-9-20(27-30(21)12-16(4)25-18)19-10-22(31)29-13-17(8-14(2)23(29)26-19)28-7-6-24-15(3)11-28;1-15-10-19(16-6-8-26(2)9-7-16)14-28-22(29)12-20(25-23(15)28)17-4-5-21-18(11-17)13-24-27(21)3/h6-7,11-14,16,19H,3-5,8-10,15H2,1-2H3;9-12,14,17H,6-8,13H2,1-5H3;8-10,12-13,15,24H,5-7,11H2,1-4H3;4-5,10-14,16H,6-9H2,1-3H3/t19-;17-;15-;/m011./s1. The number of piperidine rings is 1. The molecule has 124 heavy (non-hydrogen) atoms. The van der Waals surface area contributed by atoms with Gasteiger partial charge in [0.1, 0.15) is 34.0 Å². The molecule has 16 aromatic rings. The van der Waals surface area contributed by atoms with Crippen molar-refractivity contribution in [1.29, 1.82) is 0 Å². The molecule has 15 aromatic heterocycles. The van der Waals surface area contributed by atoms with Gasteiger partial charge in [-0.2, -0.15) is 15.3 Å². The van der Waals surface area contributed by atoms with E-state index in [1.807, 2.05) is 154 Å². The van der Waals surface area contributed by atoms with E-state index in [9.17, 15) is 19.2 Å². The second kappa shape index (κ2) is 33.9. The minimum Gasteiger partial charge on any atom is -0.368 e. The van der Waals surface area contributed by atoms with Gasteiger partial charge in [-0.25, -0.2) is 29.0 Å². The predicted molar refractivity (Wildman–Crippen MR) is 491 cm³/mol. The zero-order chi connectivity index (χ0) is 86.2. The van der Waals surface area contributed by atoms with Gasteiger partial charge in [-0.1, -0.05) is 32.9 Å². The summed E-state index contributed by atoms with van der Waals surface area (Å²) in [6.45, 7) is 34.9. The number of aromatic nitrogens is 18. The molecule has 1 aromatic carbocycles. The van der Waals surface area contributed by atoms with Crippen LogP contribution in [0.15, 0.2) is 166 Å². The molecule has 0 amide bonds. The lowest BCUT2D eigenvalue weighted by Gasteiger charge is -2.39. The number of fused-ring (bicyclic) bond motifs is 9. The molecule has 29 nitrogen and oxygen atoms in total. The van der Waals surface area contributed by atoms with Crippen LogP contribution < -0.4 is 42.3 Å². The number of benzene rings is 1. The highest BCUT2D eigenvalue weighted by Gasteiger charge is 2.32. The van der Waals surface area contributed by atoms with Crippen LogP contribution in [0.25, 0.3) is 95.3 Å². The topological polar surface area (TPSA) is 264 Å². The van der Waals surface area contributed by atoms with Gasteiger partial charge < -0.3 is 34.2 Å². The first kappa shape index (κ1) is 82.3. The first-order chi connectivity index (χ1) is 59.8. The summed E-state index contributed by atoms with van der Waals surface area (Å²) in [5, 5.41) is 18.2. The number of pyridine rings is 4. The highest BCUT2D eigenvalue weighted by Crippen LogP contribution is 2.34. The van der Waals surface area contributed by atoms with Crippen molar-refractivity contribution in [2.24, 2.45) is 7.05 Å². The predicted octanol–water partition coefficient (Wildman–Crippen LogP) is 11.6. The first-order valence-electron chi connectivity index (χ1n) is 43.7. The summed E-state index contributed by atoms with van der Waals surface area (Å²) in [4.78, 5) is 99.8. The highest BCUT2D eigenvalue weighted by molar-refractivity contribution is 5.84. The van der Waals surface area contributed by atoms with Crippen LogP contribution in [0.1, 0.15) is 123 Å². The molecule has 5 saturated heterocycles. The Kier molecular flexibility index (Phi) is 22.5. The Morgan fingerprint density at radius 3 is 1.58 bits per heavy atom. The van der Waals surface area contributed by atoms with E-state index in [1.54, 1.807) is 41.9 Å². The smallest absolute Gasteiger partial charge is 0.258 e. The number of nitrogens with zero attached hydrogens (tertiary/aromatic N) is 24. The van der Waals surface area contributed by atoms with Gasteiger partial charge in [0.2, 0.25) is 0 Å². The Labute approximate surface area is 718 Å². The SMILES string of the molecule is CCc1nc(C)cn2cc(-c3cc(=O)n4cc(N5CCN6CCC[C@H]6C5)ccc4n3)cc12.CCc1nc(C)cn2nc(-c3cc(=O)n4cc(N5CCN(C)[C@H](C)C5)cc(C)c4n3)cc12.CCc1nc(C)cn2nc(-c3cc(=O)n4cc(N5CCN[C@H](C)C5)cc(C)c4n3)cc12.Cc1cc(C2CCN(C)CC2)cn2c(=O)cc(-c3ccc4c(cnn4C)c3)nc12. The van der Waals surface area contributed by atoms with Crippen molar-refractivity contribution in [3.05, 3.63) is 245 Å². The third-order valence-electron chi connectivity index (χ3n) is 25.6. The van der Waals surface area contributed by atoms with Gasteiger partial charge in [0.15, 0.2) is 0 Å². The maximum absolute atomic E-state index is 13.1. The molecule has 0 radical (unpaired) electrons. The fraction of sp³-hybridized carbons (Fsp3) is 0.389. The van der Waals surface area contributed by atoms with E-state index in [0.29, 0.717) is 75.1 Å². The molecule has 0 spiro atoms. The van der Waals surface area contributed by atoms with Crippen LogP contribution in [0.2, 0.25) is 0 Å². The van der Waals surface area contributed by atoms with Gasteiger partial charge in [-0.3, -0.25) is 61.3 Å². The first-order valence-corrected chi connectivity index (χ1v) is 43.7. The molecule has 0 bridgehead atoms. The molecule has 5 aliphatic heterocycles. The van der Waals surface area contributed by atoms with E-state index in [-0.39, 0.29) is 22.2 Å². The monoisotopic (exact) mass is 1660 g/mol. The van der Waals surface area contributed by atoms with Gasteiger partial charge in [0, 0.05) is 162 Å². The Bertz CT molecular complexity index is 7080. The van der Waals surface area contributed by atoms with Crippen LogP contribution in [0.4, 0.5) is 17.1 Å². The number of likely N-dealkylation sites (tertiary alicyclic amines) is 1. The van der Waals surface area contributed by atoms with E-state index in [0.717, 1.165) is 216 Å². The summed E-state index contributed by atoms with van der Waals surface area (Å²) in [5.74, 6) is 0.508. The van der Waals surface area contributed by atoms with E-state index < -0.39 is 0 Å². The molecule has 3 atom stereocenters. The lowest BCUT2D eigenvalue weighted by atomic mass is 9.90. The number of rotatable bonds is 11. The second-order valence-corrected chi connectivity index (χ2v) is 34.6. The highest BCUT2D eigenvalue weighted by atomic mass is 16.1. The lowest BCUT2D eigenvalue weighted by molar-refractivity contribution is 0.231. The molecule has 638 valence electrons. The van der Waals surface area contributed by atoms with Crippen LogP contribution in [-0.2, 0) is 26.3 Å². The van der Waals surface area contributed by atoms with E-state index in [2.05, 4.69) is 148 Å². The Hall–Kier alpha value is -12.7. The Balaban J connectivity index is 0.000000113. The van der Waals surface area contributed by atoms with Crippen molar-refractivity contribution >= 4 is 67.1 Å². The Morgan fingerprint density at radius 2 is 0.968 bits per heavy atom. The number of aryl methyl sites for hydroxylation is 10. The lowest BCUT2D eigenvalue weighted by Crippen LogP contribution is -2.50. The van der Waals surface area contributed by atoms with Crippen LogP contribution in [-0.4, -0.2) is 211 Å². The number of hydrogen-bond acceptors (Lipinski definition) is 21. The molecule has 29 heteroatoms. The molecule has 0 aliphatic carbocycles. The minimum absolute atomic E-state index is 0.0332. The third kappa shape index (κ3) is 16.3. The maximum Gasteiger partial charge on any atom is 0.258 e. The van der Waals surface area contributed by atoms with Crippen molar-refractivity contribution in [3.63, 3.8) is 0 Å². The number of hydrogen-bond donors (Lipinski definition) is 1. The van der Waals surface area contributed by atoms with E-state index in [1.165, 1.54) is 24.9 Å². The maximum atomic E-state index is 13.1. The summed E-state index contributed by atoms with van der Waals surface area (Å²) in [6.07, 6.45) is 24.8. The van der Waals surface area contributed by atoms with Gasteiger partial charge >= 0.3 is 0 Å². The van der Waals surface area contributed by atoms with Crippen LogP contribution in [0.3, 0.4) is 0 Å². The number of anilines is 3. The van der Waals surface area contributed by atoms with Crippen molar-refractivity contribution in [3.8, 4) is 45.3 Å². The van der Waals surface area contributed by atoms with Crippen molar-refractivity contribution in [2.75, 3.05) is 107 Å². The molecule has 1 N–H and O–H groups in total. The second-order valence-electron chi connectivity index (χ2n) is 34.6. The summed E-state index contributed by atoms with van der Waals surface area (Å²) in [6, 6.07) is 30.6. The molecule has 5 aliphatic rings. The van der Waals surface area contributed by atoms with Gasteiger partial charge in [0.05, 0.1) is 115 Å². The minimum atomic E-state index is -0.102. The summed E-state index contributed by atoms with van der Waals surface area (Å²) in [7, 11) is 6.25. The summed E-state index contributed by atoms with van der Waals surface area (Å²) >= 11 is 0. The van der Waals surface area contributed by atoms with Crippen molar-refractivity contribution in [1.82, 2.24) is 106 Å². The molecular weight excluding hydrogens is 1560 g/mol. The third-order valence-corrected chi connectivity index (χ3v) is 25.6. The number of piperazine rings is 3. The van der Waals surface area contributed by atoms with E-state index >= 15 is 0 Å². The molecule has 5 fully saturated rings. The van der Waals surface area contributed by atoms with Gasteiger partial charge in [-0.05, 0) is 217 Å². The molecule has 20 heterocycles. The average molecular weight is 1670 g/mol. The normalized spacial score (nSPS) is 17.5. The quantitative estimate of drug-likeness (QED) is 0.126. The summed E-state index contributed by atoms with van der Waals surface area (Å²) in [5.41, 5.74) is 25.6. The largest absolute Gasteiger partial charge is 0.368 e. The van der Waals surface area contributed by atoms with Crippen LogP contribution in [0, 0.1) is 41.5 Å². The van der Waals surface area contributed by atoms with E-state index in [4.69, 9.17) is 19.9 Å². The fourth-order valence-corrected chi connectivity index (χ4v) is 18.7. The average Bonchev–Trinajstić information content (AvgIpc) is 1.25. The molecule has 21 rings (SSSR count). The van der Waals surface area contributed by atoms with Gasteiger partial charge in [0.25, 0.3) is 22.2 Å². The van der Waals surface area contributed by atoms with Crippen molar-refractivity contribution in [2.45, 2.75) is 145 Å². The number of likely N-dealkylation sites (N-methyl/N-ethyl adjacent to an activating group) is 1. The van der Waals surface area contributed by atoms with Gasteiger partial charge in [-0.15, -0.1) is 0 Å². The Morgan fingerprint density at radius 1 is 0.427 bits per heavy atom. The zero-order valence-corrected chi connectivity index (χ0v) is 73.5. The molecular formula is C95H109N25O4. The molecule has 0 saturated carbocycles. The van der Waals surface area contributed by atoms with Crippen LogP contribution in [0.5, 0.6) is 0 Å². The molecule has 0 unspecified atom stereocenters.